The molecule has 170 valence electrons. The van der Waals surface area contributed by atoms with Crippen molar-refractivity contribution in [2.45, 2.75) is 39.2 Å². The average Bonchev–Trinajstić information content (AvgIpc) is 3.15. The molecule has 0 saturated carbocycles. The van der Waals surface area contributed by atoms with Crippen LogP contribution in [0.15, 0.2) is 21.7 Å². The summed E-state index contributed by atoms with van der Waals surface area (Å²) in [5.41, 5.74) is 0.834. The first-order valence-electron chi connectivity index (χ1n) is 10.3. The van der Waals surface area contributed by atoms with Crippen LogP contribution in [0.4, 0.5) is 0 Å². The van der Waals surface area contributed by atoms with Crippen molar-refractivity contribution in [3.05, 3.63) is 23.7 Å². The minimum Gasteiger partial charge on any atom is -0.459 e. The summed E-state index contributed by atoms with van der Waals surface area (Å²) in [5, 5.41) is 12.3. The Morgan fingerprint density at radius 3 is 2.60 bits per heavy atom. The van der Waals surface area contributed by atoms with Crippen molar-refractivity contribution in [3.8, 4) is 0 Å². The number of piperidine rings is 1. The summed E-state index contributed by atoms with van der Waals surface area (Å²) in [6.07, 6.45) is 4.21. The van der Waals surface area contributed by atoms with Crippen molar-refractivity contribution in [3.63, 3.8) is 0 Å². The zero-order valence-corrected chi connectivity index (χ0v) is 20.5. The van der Waals surface area contributed by atoms with Gasteiger partial charge in [-0.3, -0.25) is 19.5 Å². The maximum atomic E-state index is 12.0. The number of rotatable bonds is 9. The molecule has 1 aromatic heterocycles. The number of furan rings is 1. The lowest BCUT2D eigenvalue weighted by atomic mass is 10.1. The second-order valence-electron chi connectivity index (χ2n) is 7.17. The largest absolute Gasteiger partial charge is 0.459 e. The van der Waals surface area contributed by atoms with E-state index in [1.807, 2.05) is 13.8 Å². The lowest BCUT2D eigenvalue weighted by Crippen LogP contribution is -2.50. The molecule has 1 aromatic rings. The number of nitrogens with one attached hydrogen (secondary N) is 4. The van der Waals surface area contributed by atoms with E-state index in [-0.39, 0.29) is 35.8 Å². The first-order chi connectivity index (χ1) is 14.0. The van der Waals surface area contributed by atoms with Gasteiger partial charge in [-0.05, 0) is 39.2 Å². The SMILES string of the molecule is CCNC(=NCCCNC(=O)c1occc1C)NC1CCN(CC(=O)NC)CC1.I. The zero-order chi connectivity index (χ0) is 21.1. The van der Waals surface area contributed by atoms with Crippen molar-refractivity contribution in [1.29, 1.82) is 0 Å². The smallest absolute Gasteiger partial charge is 0.287 e. The highest BCUT2D eigenvalue weighted by Crippen LogP contribution is 2.10. The van der Waals surface area contributed by atoms with E-state index >= 15 is 0 Å². The number of hydrogen-bond donors (Lipinski definition) is 4. The lowest BCUT2D eigenvalue weighted by molar-refractivity contribution is -0.122. The highest BCUT2D eigenvalue weighted by molar-refractivity contribution is 14.0. The van der Waals surface area contributed by atoms with Gasteiger partial charge in [0.05, 0.1) is 12.8 Å². The number of aryl methyl sites for hydroxylation is 1. The minimum absolute atomic E-state index is 0. The molecule has 2 heterocycles. The van der Waals surface area contributed by atoms with Gasteiger partial charge in [0.25, 0.3) is 5.91 Å². The molecule has 4 N–H and O–H groups in total. The van der Waals surface area contributed by atoms with Crippen LogP contribution >= 0.6 is 24.0 Å². The van der Waals surface area contributed by atoms with Gasteiger partial charge in [0, 0.05) is 51.4 Å². The second-order valence-corrected chi connectivity index (χ2v) is 7.17. The Kier molecular flexibility index (Phi) is 12.4. The molecule has 2 amide bonds. The number of guanidine groups is 1. The Labute approximate surface area is 195 Å². The normalized spacial score (nSPS) is 15.2. The van der Waals surface area contributed by atoms with Gasteiger partial charge in [0.15, 0.2) is 11.7 Å². The van der Waals surface area contributed by atoms with Crippen LogP contribution in [0, 0.1) is 6.92 Å². The highest BCUT2D eigenvalue weighted by atomic mass is 127. The predicted octanol–water partition coefficient (Wildman–Crippen LogP) is 1.09. The van der Waals surface area contributed by atoms with E-state index in [1.54, 1.807) is 13.1 Å². The van der Waals surface area contributed by atoms with E-state index < -0.39 is 0 Å². The number of likely N-dealkylation sites (tertiary alicyclic amines) is 1. The first-order valence-corrected chi connectivity index (χ1v) is 10.3. The number of hydrogen-bond acceptors (Lipinski definition) is 5. The fourth-order valence-electron chi connectivity index (χ4n) is 3.19. The molecule has 0 atom stereocenters. The maximum absolute atomic E-state index is 12.0. The van der Waals surface area contributed by atoms with Gasteiger partial charge < -0.3 is 25.7 Å². The Bertz CT molecular complexity index is 686. The minimum atomic E-state index is -0.190. The van der Waals surface area contributed by atoms with Gasteiger partial charge in [-0.1, -0.05) is 0 Å². The molecule has 1 aliphatic rings. The first kappa shape index (κ1) is 26.2. The molecule has 0 spiro atoms. The molecule has 0 aliphatic carbocycles. The van der Waals surface area contributed by atoms with E-state index in [4.69, 9.17) is 4.42 Å². The molecule has 9 nitrogen and oxygen atoms in total. The number of nitrogens with zero attached hydrogens (tertiary/aromatic N) is 2. The maximum Gasteiger partial charge on any atom is 0.287 e. The Balaban J connectivity index is 0.00000450. The molecule has 30 heavy (non-hydrogen) atoms. The van der Waals surface area contributed by atoms with Crippen LogP contribution in [-0.4, -0.2) is 75.0 Å². The van der Waals surface area contributed by atoms with E-state index in [0.717, 1.165) is 50.4 Å². The molecule has 2 rings (SSSR count). The summed E-state index contributed by atoms with van der Waals surface area (Å²) in [6.45, 7) is 8.07. The Morgan fingerprint density at radius 1 is 1.27 bits per heavy atom. The van der Waals surface area contributed by atoms with Crippen LogP contribution in [-0.2, 0) is 4.79 Å². The summed E-state index contributed by atoms with van der Waals surface area (Å²) in [6, 6.07) is 2.12. The van der Waals surface area contributed by atoms with Crippen molar-refractivity contribution in [2.24, 2.45) is 4.99 Å². The van der Waals surface area contributed by atoms with Crippen LogP contribution in [0.2, 0.25) is 0 Å². The number of carbonyl (C=O) groups excluding carboxylic acids is 2. The van der Waals surface area contributed by atoms with Crippen molar-refractivity contribution < 1.29 is 14.0 Å². The molecule has 1 aliphatic heterocycles. The van der Waals surface area contributed by atoms with E-state index in [0.29, 0.717) is 31.4 Å². The zero-order valence-electron chi connectivity index (χ0n) is 18.1. The monoisotopic (exact) mass is 534 g/mol. The molecule has 1 fully saturated rings. The van der Waals surface area contributed by atoms with E-state index in [2.05, 4.69) is 31.2 Å². The van der Waals surface area contributed by atoms with E-state index in [1.165, 1.54) is 6.26 Å². The number of likely N-dealkylation sites (N-methyl/N-ethyl adjacent to an activating group) is 1. The Morgan fingerprint density at radius 2 is 2.00 bits per heavy atom. The van der Waals surface area contributed by atoms with Gasteiger partial charge in [0.1, 0.15) is 0 Å². The van der Waals surface area contributed by atoms with Gasteiger partial charge in [-0.2, -0.15) is 0 Å². The number of aliphatic imine (C=N–C) groups is 1. The van der Waals surface area contributed by atoms with Crippen molar-refractivity contribution in [2.75, 3.05) is 46.3 Å². The molecular formula is C20H35IN6O3. The van der Waals surface area contributed by atoms with Crippen LogP contribution in [0.1, 0.15) is 42.3 Å². The topological polar surface area (TPSA) is 111 Å². The average molecular weight is 534 g/mol. The standard InChI is InChI=1S/C20H34N6O3.HI/c1-4-22-20(25-16-6-11-26(12-7-16)14-17(27)21-3)24-10-5-9-23-19(28)18-15(2)8-13-29-18;/h8,13,16H,4-7,9-12,14H2,1-3H3,(H,21,27)(H,23,28)(H2,22,24,25);1H. The van der Waals surface area contributed by atoms with Crippen LogP contribution < -0.4 is 21.3 Å². The molecule has 0 radical (unpaired) electrons. The third-order valence-corrected chi connectivity index (χ3v) is 4.88. The fourth-order valence-corrected chi connectivity index (χ4v) is 3.19. The molecule has 0 unspecified atom stereocenters. The molecular weight excluding hydrogens is 499 g/mol. The van der Waals surface area contributed by atoms with Gasteiger partial charge in [-0.25, -0.2) is 0 Å². The van der Waals surface area contributed by atoms with Crippen LogP contribution in [0.5, 0.6) is 0 Å². The van der Waals surface area contributed by atoms with Crippen molar-refractivity contribution in [1.82, 2.24) is 26.2 Å². The third kappa shape index (κ3) is 8.90. The van der Waals surface area contributed by atoms with Crippen LogP contribution in [0.3, 0.4) is 0 Å². The Hall–Kier alpha value is -1.82. The van der Waals surface area contributed by atoms with Gasteiger partial charge in [-0.15, -0.1) is 24.0 Å². The summed E-state index contributed by atoms with van der Waals surface area (Å²) >= 11 is 0. The summed E-state index contributed by atoms with van der Waals surface area (Å²) < 4.78 is 5.19. The highest BCUT2D eigenvalue weighted by Gasteiger charge is 2.21. The number of halogens is 1. The third-order valence-electron chi connectivity index (χ3n) is 4.88. The molecule has 0 bridgehead atoms. The second kappa shape index (κ2) is 14.2. The molecule has 10 heteroatoms. The van der Waals surface area contributed by atoms with Crippen LogP contribution in [0.25, 0.3) is 0 Å². The molecule has 0 aromatic carbocycles. The van der Waals surface area contributed by atoms with Gasteiger partial charge in [0.2, 0.25) is 5.91 Å². The number of amides is 2. The quantitative estimate of drug-likeness (QED) is 0.164. The summed E-state index contributed by atoms with van der Waals surface area (Å²) in [7, 11) is 1.67. The lowest BCUT2D eigenvalue weighted by Gasteiger charge is -2.32. The van der Waals surface area contributed by atoms with E-state index in [9.17, 15) is 9.59 Å². The summed E-state index contributed by atoms with van der Waals surface area (Å²) in [5.74, 6) is 1.03. The van der Waals surface area contributed by atoms with Crippen molar-refractivity contribution >= 4 is 41.8 Å². The predicted molar refractivity (Wildman–Crippen MR) is 128 cm³/mol. The number of carbonyl (C=O) groups is 2. The summed E-state index contributed by atoms with van der Waals surface area (Å²) in [4.78, 5) is 30.3. The van der Waals surface area contributed by atoms with Gasteiger partial charge >= 0.3 is 0 Å². The fraction of sp³-hybridized carbons (Fsp3) is 0.650. The molecule has 1 saturated heterocycles.